The first kappa shape index (κ1) is 45.3. The third-order valence-corrected chi connectivity index (χ3v) is 18.5. The predicted molar refractivity (Wildman–Crippen MR) is 224 cm³/mol. The van der Waals surface area contributed by atoms with E-state index in [0.29, 0.717) is 63.2 Å². The number of halogens is 1. The van der Waals surface area contributed by atoms with Crippen LogP contribution in [-0.4, -0.2) is 111 Å². The van der Waals surface area contributed by atoms with Gasteiger partial charge in [0.1, 0.15) is 18.5 Å². The number of nitrogens with zero attached hydrogens (tertiary/aromatic N) is 1. The standard InChI is InChI=1S/C43H60IN6O10S/c1-6-33-43(44-33,39(54)49-61(56,57)42(5)18-19-42)48-37(52)31-17-12-21-50(31)38(53)35(41(2,3)4)47-40(55)60-32-23-26(32)13-8-7-9-15-29-34(59-25-27-24-45-20-22-58-27)28-14-10-11-16-30(28)46-36(29)51/h6,10-11,14,16,26-27,31-33,35,45H,1,7-9,12-13,15,17-25H2,2-5H3,(H,46,51)(H,47,55)(H,48,52)(H,49,54)/q-1/t26-,27-,31+,32?,33+,35-,43-/m1/s1. The van der Waals surface area contributed by atoms with Crippen LogP contribution in [0.3, 0.4) is 0 Å². The van der Waals surface area contributed by atoms with E-state index in [1.54, 1.807) is 13.0 Å². The molecule has 3 aliphatic heterocycles. The van der Waals surface area contributed by atoms with Crippen LogP contribution in [-0.2, 0) is 40.3 Å². The number of unbranched alkanes of at least 4 members (excludes halogenated alkanes) is 2. The van der Waals surface area contributed by atoms with E-state index in [-0.39, 0.29) is 34.2 Å². The number of carbonyl (C=O) groups is 4. The summed E-state index contributed by atoms with van der Waals surface area (Å²) in [5.74, 6) is -0.908. The number of alkyl carbamates (subject to hydrolysis) is 1. The van der Waals surface area contributed by atoms with E-state index in [0.717, 1.165) is 49.6 Å². The Balaban J connectivity index is 0.883. The molecule has 5 aliphatic rings. The molecule has 7 rings (SSSR count). The van der Waals surface area contributed by atoms with Crippen molar-refractivity contribution in [1.82, 2.24) is 30.6 Å². The van der Waals surface area contributed by atoms with E-state index in [9.17, 15) is 32.4 Å². The van der Waals surface area contributed by atoms with Crippen molar-refractivity contribution in [1.29, 1.82) is 0 Å². The van der Waals surface area contributed by atoms with Crippen LogP contribution >= 0.6 is 0 Å². The quantitative estimate of drug-likeness (QED) is 0.0441. The Hall–Kier alpha value is -3.75. The number of likely N-dealkylation sites (tertiary alicyclic amines) is 1. The summed E-state index contributed by atoms with van der Waals surface area (Å²) in [6.07, 6.45) is 7.02. The minimum absolute atomic E-state index is 0.0902. The average Bonchev–Trinajstić information content (AvgIpc) is 4.18. The van der Waals surface area contributed by atoms with Crippen LogP contribution in [0.1, 0.15) is 91.0 Å². The van der Waals surface area contributed by atoms with E-state index in [2.05, 4.69) is 32.2 Å². The van der Waals surface area contributed by atoms with Crippen LogP contribution in [0.4, 0.5) is 4.79 Å². The number of H-pyrrole nitrogens is 1. The summed E-state index contributed by atoms with van der Waals surface area (Å²) in [6.45, 7) is 13.6. The Bertz CT molecular complexity index is 2180. The van der Waals surface area contributed by atoms with Crippen molar-refractivity contribution in [2.75, 3.05) is 32.8 Å². The van der Waals surface area contributed by atoms with Crippen molar-refractivity contribution in [3.8, 4) is 5.75 Å². The number of morpholine rings is 1. The summed E-state index contributed by atoms with van der Waals surface area (Å²) in [5.41, 5.74) is 0.474. The first-order valence-corrected chi connectivity index (χ1v) is 25.3. The van der Waals surface area contributed by atoms with Gasteiger partial charge >= 0.3 is 228 Å². The van der Waals surface area contributed by atoms with Crippen LogP contribution in [0.5, 0.6) is 5.75 Å². The second-order valence-electron chi connectivity index (χ2n) is 18.3. The molecule has 2 aliphatic carbocycles. The molecule has 61 heavy (non-hydrogen) atoms. The fourth-order valence-corrected chi connectivity index (χ4v) is 12.4. The monoisotopic (exact) mass is 979 g/mol. The van der Waals surface area contributed by atoms with E-state index in [1.807, 2.05) is 45.0 Å². The Labute approximate surface area is 367 Å². The van der Waals surface area contributed by atoms with E-state index in [4.69, 9.17) is 14.2 Å². The first-order chi connectivity index (χ1) is 29.0. The zero-order valence-electron chi connectivity index (χ0n) is 35.5. The summed E-state index contributed by atoms with van der Waals surface area (Å²) in [5, 5.41) is 9.81. The number of aromatic nitrogens is 1. The Morgan fingerprint density at radius 3 is 2.61 bits per heavy atom. The number of pyridine rings is 1. The number of amides is 4. The molecule has 0 spiro atoms. The molecule has 3 saturated heterocycles. The van der Waals surface area contributed by atoms with Gasteiger partial charge in [0, 0.05) is 18.5 Å². The van der Waals surface area contributed by atoms with E-state index >= 15 is 0 Å². The van der Waals surface area contributed by atoms with Crippen LogP contribution in [0.25, 0.3) is 10.9 Å². The van der Waals surface area contributed by atoms with Crippen molar-refractivity contribution < 1.29 is 63.0 Å². The molecule has 7 atom stereocenters. The van der Waals surface area contributed by atoms with Gasteiger partial charge in [-0.25, -0.2) is 0 Å². The molecule has 1 aromatic carbocycles. The average molecular weight is 980 g/mol. The van der Waals surface area contributed by atoms with Crippen molar-refractivity contribution in [2.24, 2.45) is 11.3 Å². The number of rotatable bonds is 18. The van der Waals surface area contributed by atoms with Crippen molar-refractivity contribution in [3.63, 3.8) is 0 Å². The minimum atomic E-state index is -3.92. The predicted octanol–water partition coefficient (Wildman–Crippen LogP) is -0.0132. The summed E-state index contributed by atoms with van der Waals surface area (Å²) in [7, 11) is -3.92. The normalized spacial score (nSPS) is 27.2. The number of hydrogen-bond donors (Lipinski definition) is 5. The van der Waals surface area contributed by atoms with Gasteiger partial charge in [0.05, 0.1) is 17.7 Å². The third kappa shape index (κ3) is 10.2. The second-order valence-corrected chi connectivity index (χ2v) is 24.2. The Morgan fingerprint density at radius 2 is 1.92 bits per heavy atom. The number of alkyl halides is 2. The van der Waals surface area contributed by atoms with Gasteiger partial charge in [-0.2, -0.15) is 0 Å². The molecule has 1 aromatic heterocycles. The molecule has 18 heteroatoms. The molecule has 5 N–H and O–H groups in total. The number of hydrogen-bond acceptors (Lipinski definition) is 11. The van der Waals surface area contributed by atoms with Gasteiger partial charge in [-0.1, -0.05) is 25.0 Å². The zero-order valence-corrected chi connectivity index (χ0v) is 38.5. The van der Waals surface area contributed by atoms with Gasteiger partial charge in [-0.15, -0.1) is 0 Å². The van der Waals surface area contributed by atoms with Crippen molar-refractivity contribution in [2.45, 2.75) is 128 Å². The maximum absolute atomic E-state index is 14.1. The Morgan fingerprint density at radius 1 is 1.15 bits per heavy atom. The summed E-state index contributed by atoms with van der Waals surface area (Å²) < 4.78 is 43.1. The molecule has 5 fully saturated rings. The number of nitrogens with one attached hydrogen (secondary N) is 5. The van der Waals surface area contributed by atoms with Gasteiger partial charge in [0.15, 0.2) is 0 Å². The van der Waals surface area contributed by atoms with Crippen LogP contribution in [0.2, 0.25) is 0 Å². The maximum atomic E-state index is 14.1. The molecule has 4 heterocycles. The molecule has 0 bridgehead atoms. The number of sulfonamides is 1. The summed E-state index contributed by atoms with van der Waals surface area (Å²) in [4.78, 5) is 72.3. The fourth-order valence-electron chi connectivity index (χ4n) is 8.22. The van der Waals surface area contributed by atoms with E-state index in [1.165, 1.54) is 4.90 Å². The van der Waals surface area contributed by atoms with Crippen LogP contribution < -0.4 is 52.2 Å². The van der Waals surface area contributed by atoms with Crippen LogP contribution in [0, 0.1) is 11.3 Å². The molecule has 4 amide bonds. The van der Waals surface area contributed by atoms with Crippen molar-refractivity contribution >= 4 is 44.7 Å². The van der Waals surface area contributed by atoms with Gasteiger partial charge in [-0.3, -0.25) is 4.79 Å². The molecular weight excluding hydrogens is 919 g/mol. The molecule has 2 saturated carbocycles. The summed E-state index contributed by atoms with van der Waals surface area (Å²) >= 11 is -0.974. The molecule has 1 unspecified atom stereocenters. The third-order valence-electron chi connectivity index (χ3n) is 12.5. The van der Waals surface area contributed by atoms with Crippen molar-refractivity contribution in [3.05, 3.63) is 52.8 Å². The summed E-state index contributed by atoms with van der Waals surface area (Å²) in [6, 6.07) is 5.74. The van der Waals surface area contributed by atoms with E-state index < -0.39 is 80.8 Å². The molecular formula is C43H60IN6O10S-. The first-order valence-electron chi connectivity index (χ1n) is 21.5. The molecule has 2 aromatic rings. The molecule has 0 radical (unpaired) electrons. The van der Waals surface area contributed by atoms with Gasteiger partial charge < -0.3 is 19.8 Å². The fraction of sp³-hybridized carbons (Fsp3) is 0.651. The molecule has 16 nitrogen and oxygen atoms in total. The number of para-hydroxylation sites is 1. The topological polar surface area (TPSA) is 214 Å². The number of aromatic amines is 1. The number of ether oxygens (including phenoxy) is 3. The Kier molecular flexibility index (Phi) is 13.5. The van der Waals surface area contributed by atoms with Gasteiger partial charge in [-0.05, 0) is 31.4 Å². The van der Waals surface area contributed by atoms with Gasteiger partial charge in [0.2, 0.25) is 0 Å². The SMILES string of the molecule is C=C[C@@H]1[I-][C@]1(NC(=O)[C@@H]1CCCN1C(=O)[C@@H](NC(=O)OC1C[C@H]1CCCCCc1c(OC[C@H]2CNCCO2)c2ccccc2[nH]c1=O)C(C)(C)C)C(=O)NS(=O)(=O)C1(C)CC1. The number of carbonyl (C=O) groups excluding carboxylic acids is 4. The number of fused-ring (bicyclic) bond motifs is 1. The van der Waals surface area contributed by atoms with Gasteiger partial charge in [0.25, 0.3) is 5.56 Å². The second kappa shape index (κ2) is 18.2. The zero-order chi connectivity index (χ0) is 43.7. The van der Waals surface area contributed by atoms with Crippen LogP contribution in [0.15, 0.2) is 41.7 Å². The molecule has 336 valence electrons. The number of benzene rings is 1.